The molecule has 0 N–H and O–H groups in total. The molecule has 0 aliphatic carbocycles. The molecule has 0 spiro atoms. The minimum absolute atomic E-state index is 0.755. The third kappa shape index (κ3) is 9.33. The van der Waals surface area contributed by atoms with Crippen LogP contribution in [0.1, 0.15) is 99.9 Å². The Labute approximate surface area is 291 Å². The van der Waals surface area contributed by atoms with Gasteiger partial charge in [0.25, 0.3) is 0 Å². The molecule has 3 aromatic carbocycles. The summed E-state index contributed by atoms with van der Waals surface area (Å²) in [7, 11) is 0. The van der Waals surface area contributed by atoms with Crippen LogP contribution in [0.3, 0.4) is 0 Å². The van der Waals surface area contributed by atoms with Crippen molar-refractivity contribution >= 4 is 46.0 Å². The normalized spacial score (nSPS) is 12.6. The molecule has 2 unspecified atom stereocenters. The molecule has 2 nitrogen and oxygen atoms in total. The van der Waals surface area contributed by atoms with Gasteiger partial charge in [0.1, 0.15) is 0 Å². The van der Waals surface area contributed by atoms with Gasteiger partial charge in [-0.25, -0.2) is 0 Å². The molecule has 0 aliphatic heterocycles. The van der Waals surface area contributed by atoms with E-state index in [2.05, 4.69) is 118 Å². The first kappa shape index (κ1) is 34.9. The highest BCUT2D eigenvalue weighted by Gasteiger charge is 2.16. The molecule has 2 aromatic heterocycles. The van der Waals surface area contributed by atoms with Crippen molar-refractivity contribution in [2.75, 3.05) is 4.90 Å². The second-order valence-corrected chi connectivity index (χ2v) is 15.1. The van der Waals surface area contributed by atoms with Crippen LogP contribution in [0.2, 0.25) is 0 Å². The molecule has 47 heavy (non-hydrogen) atoms. The third-order valence-electron chi connectivity index (χ3n) is 9.53. The molecule has 0 radical (unpaired) electrons. The van der Waals surface area contributed by atoms with E-state index in [4.69, 9.17) is 0 Å². The Kier molecular flexibility index (Phi) is 13.1. The number of rotatable bonds is 18. The lowest BCUT2D eigenvalue weighted by molar-refractivity contribution is 0.112. The maximum atomic E-state index is 11.2. The number of carbonyl (C=O) groups excluding carboxylic acids is 1. The van der Waals surface area contributed by atoms with Crippen molar-refractivity contribution < 1.29 is 4.79 Å². The van der Waals surface area contributed by atoms with Crippen LogP contribution in [0.15, 0.2) is 97.1 Å². The van der Waals surface area contributed by atoms with Crippen LogP contribution in [0, 0.1) is 11.8 Å². The summed E-state index contributed by atoms with van der Waals surface area (Å²) in [5.41, 5.74) is 7.60. The molecule has 246 valence electrons. The Morgan fingerprint density at radius 3 is 1.45 bits per heavy atom. The first-order valence-corrected chi connectivity index (χ1v) is 19.4. The Morgan fingerprint density at radius 2 is 1.00 bits per heavy atom. The third-order valence-corrected chi connectivity index (χ3v) is 11.9. The van der Waals surface area contributed by atoms with Gasteiger partial charge in [0, 0.05) is 31.7 Å². The molecular formula is C43H51NOS2. The number of hydrogen-bond acceptors (Lipinski definition) is 4. The molecule has 0 saturated heterocycles. The Bertz CT molecular complexity index is 1580. The highest BCUT2D eigenvalue weighted by molar-refractivity contribution is 7.24. The van der Waals surface area contributed by atoms with Gasteiger partial charge in [0.05, 0.1) is 4.88 Å². The average Bonchev–Trinajstić information content (AvgIpc) is 3.81. The van der Waals surface area contributed by atoms with Crippen LogP contribution in [-0.4, -0.2) is 6.29 Å². The highest BCUT2D eigenvalue weighted by atomic mass is 32.1. The summed E-state index contributed by atoms with van der Waals surface area (Å²) in [6, 6.07) is 35.9. The fourth-order valence-electron chi connectivity index (χ4n) is 6.51. The van der Waals surface area contributed by atoms with Crippen molar-refractivity contribution in [1.29, 1.82) is 0 Å². The van der Waals surface area contributed by atoms with E-state index in [0.29, 0.717) is 0 Å². The lowest BCUT2D eigenvalue weighted by Crippen LogP contribution is -2.11. The highest BCUT2D eigenvalue weighted by Crippen LogP contribution is 2.40. The van der Waals surface area contributed by atoms with Crippen LogP contribution in [0.25, 0.3) is 20.2 Å². The summed E-state index contributed by atoms with van der Waals surface area (Å²) in [6.07, 6.45) is 13.5. The van der Waals surface area contributed by atoms with Gasteiger partial charge in [-0.05, 0) is 102 Å². The van der Waals surface area contributed by atoms with Crippen molar-refractivity contribution in [3.63, 3.8) is 0 Å². The Balaban J connectivity index is 1.41. The smallest absolute Gasteiger partial charge is 0.160 e. The van der Waals surface area contributed by atoms with Crippen molar-refractivity contribution in [3.05, 3.63) is 113 Å². The maximum absolute atomic E-state index is 11.2. The largest absolute Gasteiger partial charge is 0.311 e. The zero-order valence-corrected chi connectivity index (χ0v) is 30.3. The molecule has 0 saturated carbocycles. The molecule has 5 rings (SSSR count). The van der Waals surface area contributed by atoms with Crippen LogP contribution >= 0.6 is 22.7 Å². The minimum atomic E-state index is 0.755. The van der Waals surface area contributed by atoms with E-state index in [1.54, 1.807) is 22.7 Å². The summed E-state index contributed by atoms with van der Waals surface area (Å²) >= 11 is 3.33. The zero-order valence-electron chi connectivity index (χ0n) is 28.7. The summed E-state index contributed by atoms with van der Waals surface area (Å²) in [5, 5.41) is 0. The lowest BCUT2D eigenvalue weighted by Gasteiger charge is -2.26. The number of unbranched alkanes of at least 4 members (excludes halogenated alkanes) is 2. The van der Waals surface area contributed by atoms with E-state index in [-0.39, 0.29) is 0 Å². The van der Waals surface area contributed by atoms with Crippen molar-refractivity contribution in [2.24, 2.45) is 11.8 Å². The van der Waals surface area contributed by atoms with Crippen LogP contribution in [-0.2, 0) is 12.8 Å². The van der Waals surface area contributed by atoms with Gasteiger partial charge < -0.3 is 4.90 Å². The fourth-order valence-corrected chi connectivity index (χ4v) is 8.44. The van der Waals surface area contributed by atoms with Gasteiger partial charge in [-0.2, -0.15) is 0 Å². The number of carbonyl (C=O) groups is 1. The van der Waals surface area contributed by atoms with E-state index in [0.717, 1.165) is 46.4 Å². The van der Waals surface area contributed by atoms with Crippen molar-refractivity contribution in [1.82, 2.24) is 0 Å². The molecule has 0 aliphatic rings. The summed E-state index contributed by atoms with van der Waals surface area (Å²) < 4.78 is 0. The molecule has 0 fully saturated rings. The summed E-state index contributed by atoms with van der Waals surface area (Å²) in [5.74, 6) is 1.51. The number of thiophene rings is 2. The number of aldehydes is 1. The summed E-state index contributed by atoms with van der Waals surface area (Å²) in [6.45, 7) is 9.24. The Morgan fingerprint density at radius 1 is 0.553 bits per heavy atom. The SMILES string of the molecule is CCCCC(CC)Cc1ccc(N(c2ccc(CC(CC)CCCC)cc2)c2ccc(-c3ccc(-c4ccc(C=O)s4)s3)cc2)cc1. The lowest BCUT2D eigenvalue weighted by atomic mass is 9.91. The molecule has 2 heterocycles. The number of nitrogens with zero attached hydrogens (tertiary/aromatic N) is 1. The van der Waals surface area contributed by atoms with E-state index >= 15 is 0 Å². The first-order valence-electron chi connectivity index (χ1n) is 17.8. The minimum Gasteiger partial charge on any atom is -0.311 e. The van der Waals surface area contributed by atoms with Crippen LogP contribution in [0.4, 0.5) is 17.1 Å². The van der Waals surface area contributed by atoms with E-state index in [9.17, 15) is 4.79 Å². The standard InChI is InChI=1S/C43H51NOS2/c1-5-9-11-32(7-3)29-34-13-19-37(20-14-34)44(38-21-15-35(16-22-38)30-33(8-4)12-10-6-2)39-23-17-36(18-24-39)41-27-28-43(47-41)42-26-25-40(31-45)46-42/h13-28,31-33H,5-12,29-30H2,1-4H3. The zero-order chi connectivity index (χ0) is 33.0. The second-order valence-electron chi connectivity index (χ2n) is 12.9. The fraction of sp³-hybridized carbons (Fsp3) is 0.372. The van der Waals surface area contributed by atoms with Crippen LogP contribution in [0.5, 0.6) is 0 Å². The number of hydrogen-bond donors (Lipinski definition) is 0. The molecule has 4 heteroatoms. The Hall–Kier alpha value is -3.47. The van der Waals surface area contributed by atoms with Crippen molar-refractivity contribution in [2.45, 2.75) is 91.9 Å². The second kappa shape index (κ2) is 17.6. The van der Waals surface area contributed by atoms with E-state index < -0.39 is 0 Å². The van der Waals surface area contributed by atoms with Gasteiger partial charge in [0.15, 0.2) is 6.29 Å². The van der Waals surface area contributed by atoms with E-state index in [1.807, 2.05) is 12.1 Å². The van der Waals surface area contributed by atoms with E-state index in [1.165, 1.54) is 89.2 Å². The molecule has 0 bridgehead atoms. The predicted octanol–water partition coefficient (Wildman–Crippen LogP) is 13.9. The van der Waals surface area contributed by atoms with Gasteiger partial charge in [-0.1, -0.05) is 115 Å². The quantitative estimate of drug-likeness (QED) is 0.0871. The summed E-state index contributed by atoms with van der Waals surface area (Å²) in [4.78, 5) is 17.9. The molecule has 0 amide bonds. The van der Waals surface area contributed by atoms with Gasteiger partial charge in [-0.3, -0.25) is 4.79 Å². The van der Waals surface area contributed by atoms with Crippen LogP contribution < -0.4 is 4.90 Å². The first-order chi connectivity index (χ1) is 23.0. The van der Waals surface area contributed by atoms with Gasteiger partial charge >= 0.3 is 0 Å². The monoisotopic (exact) mass is 661 g/mol. The molecule has 2 atom stereocenters. The van der Waals surface area contributed by atoms with Crippen molar-refractivity contribution in [3.8, 4) is 20.2 Å². The maximum Gasteiger partial charge on any atom is 0.160 e. The van der Waals surface area contributed by atoms with Gasteiger partial charge in [-0.15, -0.1) is 22.7 Å². The molecular weight excluding hydrogens is 611 g/mol. The topological polar surface area (TPSA) is 20.3 Å². The number of benzene rings is 3. The van der Waals surface area contributed by atoms with Gasteiger partial charge in [0.2, 0.25) is 0 Å². The average molecular weight is 662 g/mol. The predicted molar refractivity (Wildman–Crippen MR) is 207 cm³/mol. The molecule has 5 aromatic rings. The number of anilines is 3.